The maximum atomic E-state index is 13.3. The predicted molar refractivity (Wildman–Crippen MR) is 127 cm³/mol. The molecule has 2 heterocycles. The van der Waals surface area contributed by atoms with Crippen LogP contribution in [-0.4, -0.2) is 28.6 Å². The lowest BCUT2D eigenvalue weighted by Crippen LogP contribution is -2.24. The second kappa shape index (κ2) is 8.70. The van der Waals surface area contributed by atoms with E-state index in [1.807, 2.05) is 24.3 Å². The fourth-order valence-electron chi connectivity index (χ4n) is 4.66. The summed E-state index contributed by atoms with van der Waals surface area (Å²) in [5.41, 5.74) is 4.88. The van der Waals surface area contributed by atoms with Crippen molar-refractivity contribution in [2.75, 3.05) is 18.1 Å². The zero-order valence-electron chi connectivity index (χ0n) is 18.8. The number of halogens is 1. The van der Waals surface area contributed by atoms with E-state index in [0.717, 1.165) is 33.7 Å². The van der Waals surface area contributed by atoms with Crippen LogP contribution in [0.5, 0.6) is 5.75 Å². The molecule has 4 aromatic rings. The number of fused-ring (bicyclic) bond motifs is 1. The molecule has 5 rings (SSSR count). The van der Waals surface area contributed by atoms with E-state index in [2.05, 4.69) is 36.6 Å². The number of anilines is 1. The largest absolute Gasteiger partial charge is 0.491 e. The molecule has 0 saturated carbocycles. The lowest BCUT2D eigenvalue weighted by atomic mass is 10.1. The van der Waals surface area contributed by atoms with Crippen molar-refractivity contribution in [3.8, 4) is 5.75 Å². The zero-order chi connectivity index (χ0) is 22.9. The molecule has 0 spiro atoms. The molecule has 0 radical (unpaired) electrons. The Morgan fingerprint density at radius 3 is 2.48 bits per heavy atom. The summed E-state index contributed by atoms with van der Waals surface area (Å²) >= 11 is 0. The minimum Gasteiger partial charge on any atom is -0.491 e. The summed E-state index contributed by atoms with van der Waals surface area (Å²) in [5, 5.41) is 0. The second-order valence-corrected chi connectivity index (χ2v) is 8.56. The average molecular weight is 444 g/mol. The highest BCUT2D eigenvalue weighted by molar-refractivity contribution is 5.96. The van der Waals surface area contributed by atoms with Gasteiger partial charge in [0.1, 0.15) is 24.0 Å². The van der Waals surface area contributed by atoms with Crippen LogP contribution < -0.4 is 9.64 Å². The van der Waals surface area contributed by atoms with Crippen LogP contribution in [0.1, 0.15) is 29.3 Å². The van der Waals surface area contributed by atoms with Crippen molar-refractivity contribution in [3.05, 3.63) is 89.5 Å². The molecule has 0 bridgehead atoms. The predicted octanol–water partition coefficient (Wildman–Crippen LogP) is 5.39. The summed E-state index contributed by atoms with van der Waals surface area (Å²) in [6.45, 7) is 5.75. The van der Waals surface area contributed by atoms with Crippen LogP contribution in [0.25, 0.3) is 11.0 Å². The molecular formula is C27H26FN3O2. The minimum absolute atomic E-state index is 0.0250. The van der Waals surface area contributed by atoms with Gasteiger partial charge >= 0.3 is 0 Å². The van der Waals surface area contributed by atoms with Gasteiger partial charge in [0, 0.05) is 24.6 Å². The summed E-state index contributed by atoms with van der Waals surface area (Å²) < 4.78 is 21.7. The summed E-state index contributed by atoms with van der Waals surface area (Å²) in [7, 11) is 0. The van der Waals surface area contributed by atoms with Gasteiger partial charge in [-0.3, -0.25) is 4.79 Å². The number of nitrogens with zero attached hydrogens (tertiary/aromatic N) is 3. The number of carbonyl (C=O) groups is 1. The Kier molecular flexibility index (Phi) is 5.58. The number of para-hydroxylation sites is 3. The Labute approximate surface area is 192 Å². The van der Waals surface area contributed by atoms with Gasteiger partial charge in [-0.05, 0) is 61.4 Å². The van der Waals surface area contributed by atoms with Crippen molar-refractivity contribution in [1.82, 2.24) is 9.55 Å². The summed E-state index contributed by atoms with van der Waals surface area (Å²) in [6.07, 6.45) is 0.373. The van der Waals surface area contributed by atoms with Gasteiger partial charge in [0.15, 0.2) is 0 Å². The number of amides is 1. The third kappa shape index (κ3) is 4.09. The van der Waals surface area contributed by atoms with Crippen LogP contribution in [0.2, 0.25) is 0 Å². The number of rotatable bonds is 6. The molecule has 1 unspecified atom stereocenters. The first-order chi connectivity index (χ1) is 16.0. The first-order valence-corrected chi connectivity index (χ1v) is 11.2. The quantitative estimate of drug-likeness (QED) is 0.401. The topological polar surface area (TPSA) is 47.4 Å². The van der Waals surface area contributed by atoms with Gasteiger partial charge < -0.3 is 14.2 Å². The lowest BCUT2D eigenvalue weighted by Gasteiger charge is -2.18. The van der Waals surface area contributed by atoms with Gasteiger partial charge in [0.05, 0.1) is 17.6 Å². The highest BCUT2D eigenvalue weighted by Crippen LogP contribution is 2.33. The normalized spacial score (nSPS) is 16.0. The third-order valence-corrected chi connectivity index (χ3v) is 6.28. The highest BCUT2D eigenvalue weighted by Gasteiger charge is 2.34. The number of aryl methyl sites for hydroxylation is 2. The van der Waals surface area contributed by atoms with Crippen molar-refractivity contribution in [1.29, 1.82) is 0 Å². The summed E-state index contributed by atoms with van der Waals surface area (Å²) in [5.74, 6) is 1.47. The van der Waals surface area contributed by atoms with Gasteiger partial charge in [0.2, 0.25) is 5.91 Å². The molecule has 5 nitrogen and oxygen atoms in total. The second-order valence-electron chi connectivity index (χ2n) is 8.56. The van der Waals surface area contributed by atoms with Gasteiger partial charge in [-0.25, -0.2) is 9.37 Å². The number of aromatic nitrogens is 2. The number of hydrogen-bond acceptors (Lipinski definition) is 3. The van der Waals surface area contributed by atoms with E-state index in [-0.39, 0.29) is 17.6 Å². The van der Waals surface area contributed by atoms with E-state index in [1.54, 1.807) is 17.0 Å². The lowest BCUT2D eigenvalue weighted by molar-refractivity contribution is -0.117. The van der Waals surface area contributed by atoms with E-state index >= 15 is 0 Å². The van der Waals surface area contributed by atoms with Crippen molar-refractivity contribution in [2.24, 2.45) is 0 Å². The Morgan fingerprint density at radius 2 is 1.73 bits per heavy atom. The van der Waals surface area contributed by atoms with Crippen molar-refractivity contribution in [2.45, 2.75) is 32.7 Å². The van der Waals surface area contributed by atoms with Crippen LogP contribution in [0.3, 0.4) is 0 Å². The van der Waals surface area contributed by atoms with Crippen molar-refractivity contribution < 1.29 is 13.9 Å². The maximum absolute atomic E-state index is 13.3. The van der Waals surface area contributed by atoms with Gasteiger partial charge in [-0.2, -0.15) is 0 Å². The molecule has 1 fully saturated rings. The van der Waals surface area contributed by atoms with Crippen molar-refractivity contribution in [3.63, 3.8) is 0 Å². The number of benzene rings is 3. The van der Waals surface area contributed by atoms with Gasteiger partial charge in [-0.15, -0.1) is 0 Å². The molecule has 1 amide bonds. The molecule has 0 aliphatic carbocycles. The summed E-state index contributed by atoms with van der Waals surface area (Å²) in [6, 6.07) is 20.2. The van der Waals surface area contributed by atoms with E-state index < -0.39 is 0 Å². The zero-order valence-corrected chi connectivity index (χ0v) is 18.8. The Balaban J connectivity index is 1.41. The monoisotopic (exact) mass is 443 g/mol. The van der Waals surface area contributed by atoms with Crippen LogP contribution >= 0.6 is 0 Å². The number of carbonyl (C=O) groups excluding carboxylic acids is 1. The van der Waals surface area contributed by atoms with Crippen LogP contribution in [0, 0.1) is 19.7 Å². The van der Waals surface area contributed by atoms with Crippen LogP contribution in [-0.2, 0) is 11.3 Å². The smallest absolute Gasteiger partial charge is 0.227 e. The van der Waals surface area contributed by atoms with E-state index in [4.69, 9.17) is 9.72 Å². The highest BCUT2D eigenvalue weighted by atomic mass is 19.1. The molecule has 1 aliphatic rings. The fraction of sp³-hybridized carbons (Fsp3) is 0.259. The molecule has 1 atom stereocenters. The first-order valence-electron chi connectivity index (χ1n) is 11.2. The Hall–Kier alpha value is -3.67. The Morgan fingerprint density at radius 1 is 1.00 bits per heavy atom. The van der Waals surface area contributed by atoms with Gasteiger partial charge in [-0.1, -0.05) is 30.3 Å². The van der Waals surface area contributed by atoms with E-state index in [9.17, 15) is 9.18 Å². The van der Waals surface area contributed by atoms with E-state index in [0.29, 0.717) is 31.8 Å². The van der Waals surface area contributed by atoms with E-state index in [1.165, 1.54) is 12.1 Å². The van der Waals surface area contributed by atoms with Crippen LogP contribution in [0.4, 0.5) is 10.1 Å². The molecule has 1 aliphatic heterocycles. The van der Waals surface area contributed by atoms with Crippen LogP contribution in [0.15, 0.2) is 66.7 Å². The van der Waals surface area contributed by atoms with Gasteiger partial charge in [0.25, 0.3) is 0 Å². The third-order valence-electron chi connectivity index (χ3n) is 6.28. The molecular weight excluding hydrogens is 417 g/mol. The molecule has 6 heteroatoms. The first kappa shape index (κ1) is 21.2. The van der Waals surface area contributed by atoms with Crippen molar-refractivity contribution >= 4 is 22.6 Å². The standard InChI is InChI=1S/C27H26FN3O2/c1-18-6-5-7-19(2)26(18)33-15-14-30-24-9-4-3-8-23(24)29-27(30)20-16-25(32)31(17-20)22-12-10-21(28)11-13-22/h3-13,20H,14-17H2,1-2H3. The number of hydrogen-bond donors (Lipinski definition) is 0. The average Bonchev–Trinajstić information content (AvgIpc) is 3.37. The molecule has 0 N–H and O–H groups in total. The SMILES string of the molecule is Cc1cccc(C)c1OCCn1c(C2CC(=O)N(c3ccc(F)cc3)C2)nc2ccccc21. The minimum atomic E-state index is -0.312. The molecule has 33 heavy (non-hydrogen) atoms. The number of imidazole rings is 1. The molecule has 3 aromatic carbocycles. The molecule has 168 valence electrons. The summed E-state index contributed by atoms with van der Waals surface area (Å²) in [4.78, 5) is 19.4. The molecule has 1 aromatic heterocycles. The Bertz CT molecular complexity index is 1290. The maximum Gasteiger partial charge on any atom is 0.227 e. The number of ether oxygens (including phenoxy) is 1. The fourth-order valence-corrected chi connectivity index (χ4v) is 4.66. The molecule has 1 saturated heterocycles.